The Morgan fingerprint density at radius 2 is 2.30 bits per heavy atom. The molecule has 0 aliphatic carbocycles. The largest absolute Gasteiger partial charge is 0.393 e. The third-order valence-electron chi connectivity index (χ3n) is 1.16. The quantitative estimate of drug-likeness (QED) is 0.597. The van der Waals surface area contributed by atoms with E-state index in [1.54, 1.807) is 6.92 Å². The van der Waals surface area contributed by atoms with Gasteiger partial charge in [0.1, 0.15) is 0 Å². The van der Waals surface area contributed by atoms with Crippen LogP contribution in [0.15, 0.2) is 0 Å². The van der Waals surface area contributed by atoms with Gasteiger partial charge in [0.2, 0.25) is 5.91 Å². The molecule has 0 fully saturated rings. The number of hydrogen-bond donors (Lipinski definition) is 2. The molecule has 0 aromatic heterocycles. The number of amides is 1. The highest BCUT2D eigenvalue weighted by molar-refractivity contribution is 5.75. The molecule has 60 valence electrons. The zero-order chi connectivity index (χ0) is 7.98. The fourth-order valence-electron chi connectivity index (χ4n) is 0.626. The minimum absolute atomic E-state index is 0.0170. The lowest BCUT2D eigenvalue weighted by molar-refractivity contribution is -0.121. The summed E-state index contributed by atoms with van der Waals surface area (Å²) < 4.78 is 0. The van der Waals surface area contributed by atoms with Crippen molar-refractivity contribution in [2.45, 2.75) is 32.8 Å². The maximum absolute atomic E-state index is 10.7. The van der Waals surface area contributed by atoms with Crippen LogP contribution >= 0.6 is 0 Å². The zero-order valence-corrected chi connectivity index (χ0v) is 6.55. The van der Waals surface area contributed by atoms with Gasteiger partial charge in [0.25, 0.3) is 0 Å². The molecule has 0 bridgehead atoms. The molecule has 0 aliphatic rings. The minimum Gasteiger partial charge on any atom is -0.393 e. The highest BCUT2D eigenvalue weighted by atomic mass is 16.3. The number of aliphatic hydroxyl groups is 1. The monoisotopic (exact) mass is 145 g/mol. The second-order valence-corrected chi connectivity index (χ2v) is 2.34. The third kappa shape index (κ3) is 5.56. The summed E-state index contributed by atoms with van der Waals surface area (Å²) in [4.78, 5) is 10.7. The normalized spacial score (nSPS) is 12.7. The van der Waals surface area contributed by atoms with E-state index in [-0.39, 0.29) is 12.0 Å². The molecular formula is C7H15NO2. The molecule has 0 saturated carbocycles. The van der Waals surface area contributed by atoms with E-state index in [2.05, 4.69) is 5.32 Å². The van der Waals surface area contributed by atoms with Crippen LogP contribution in [0.3, 0.4) is 0 Å². The van der Waals surface area contributed by atoms with Gasteiger partial charge in [-0.1, -0.05) is 0 Å². The van der Waals surface area contributed by atoms with Gasteiger partial charge in [-0.2, -0.15) is 0 Å². The van der Waals surface area contributed by atoms with Crippen LogP contribution in [0.1, 0.15) is 26.7 Å². The first-order valence-corrected chi connectivity index (χ1v) is 3.61. The standard InChI is InChI=1S/C7H15NO2/c1-3-8-7(10)5-4-6(2)9/h6,9H,3-5H2,1-2H3,(H,8,10)/t6-/m1/s1. The third-order valence-corrected chi connectivity index (χ3v) is 1.16. The van der Waals surface area contributed by atoms with E-state index in [0.29, 0.717) is 19.4 Å². The van der Waals surface area contributed by atoms with Crippen molar-refractivity contribution in [3.8, 4) is 0 Å². The lowest BCUT2D eigenvalue weighted by Crippen LogP contribution is -2.23. The van der Waals surface area contributed by atoms with Crippen LogP contribution in [0.2, 0.25) is 0 Å². The Morgan fingerprint density at radius 1 is 1.70 bits per heavy atom. The molecule has 0 aromatic carbocycles. The first-order chi connectivity index (χ1) is 4.66. The Kier molecular flexibility index (Phi) is 4.94. The van der Waals surface area contributed by atoms with Gasteiger partial charge in [-0.05, 0) is 20.3 Å². The van der Waals surface area contributed by atoms with Crippen LogP contribution in [0.25, 0.3) is 0 Å². The van der Waals surface area contributed by atoms with Crippen molar-refractivity contribution >= 4 is 5.91 Å². The van der Waals surface area contributed by atoms with Crippen molar-refractivity contribution in [3.63, 3.8) is 0 Å². The van der Waals surface area contributed by atoms with Crippen LogP contribution in [-0.4, -0.2) is 23.7 Å². The van der Waals surface area contributed by atoms with Gasteiger partial charge in [-0.15, -0.1) is 0 Å². The maximum atomic E-state index is 10.7. The van der Waals surface area contributed by atoms with Crippen LogP contribution < -0.4 is 5.32 Å². The molecule has 0 spiro atoms. The van der Waals surface area contributed by atoms with Crippen molar-refractivity contribution in [1.82, 2.24) is 5.32 Å². The van der Waals surface area contributed by atoms with E-state index in [0.717, 1.165) is 0 Å². The van der Waals surface area contributed by atoms with E-state index in [9.17, 15) is 4.79 Å². The summed E-state index contributed by atoms with van der Waals surface area (Å²) in [5.74, 6) is 0.0170. The lowest BCUT2D eigenvalue weighted by Gasteiger charge is -2.03. The predicted octanol–water partition coefficient (Wildman–Crippen LogP) is 0.283. The van der Waals surface area contributed by atoms with Gasteiger partial charge in [-0.3, -0.25) is 4.79 Å². The van der Waals surface area contributed by atoms with Gasteiger partial charge in [0, 0.05) is 13.0 Å². The second kappa shape index (κ2) is 5.23. The molecule has 0 saturated heterocycles. The summed E-state index contributed by atoms with van der Waals surface area (Å²) >= 11 is 0. The lowest BCUT2D eigenvalue weighted by atomic mass is 10.2. The Bertz CT molecular complexity index is 102. The van der Waals surface area contributed by atoms with E-state index in [4.69, 9.17) is 5.11 Å². The van der Waals surface area contributed by atoms with Crippen LogP contribution in [0, 0.1) is 0 Å². The SMILES string of the molecule is CCNC(=O)CC[C@@H](C)O. The van der Waals surface area contributed by atoms with Gasteiger partial charge in [-0.25, -0.2) is 0 Å². The van der Waals surface area contributed by atoms with Gasteiger partial charge in [0.05, 0.1) is 6.10 Å². The van der Waals surface area contributed by atoms with Crippen LogP contribution in [-0.2, 0) is 4.79 Å². The molecule has 0 rings (SSSR count). The molecule has 1 atom stereocenters. The van der Waals surface area contributed by atoms with Crippen molar-refractivity contribution in [2.24, 2.45) is 0 Å². The summed E-state index contributed by atoms with van der Waals surface area (Å²) in [5, 5.41) is 11.4. The van der Waals surface area contributed by atoms with E-state index >= 15 is 0 Å². The van der Waals surface area contributed by atoms with E-state index in [1.165, 1.54) is 0 Å². The fraction of sp³-hybridized carbons (Fsp3) is 0.857. The molecule has 3 heteroatoms. The van der Waals surface area contributed by atoms with Crippen LogP contribution in [0.5, 0.6) is 0 Å². The Balaban J connectivity index is 3.22. The second-order valence-electron chi connectivity index (χ2n) is 2.34. The van der Waals surface area contributed by atoms with Gasteiger partial charge < -0.3 is 10.4 Å². The first-order valence-electron chi connectivity index (χ1n) is 3.61. The van der Waals surface area contributed by atoms with Crippen molar-refractivity contribution in [2.75, 3.05) is 6.54 Å². The topological polar surface area (TPSA) is 49.3 Å². The molecule has 1 amide bonds. The zero-order valence-electron chi connectivity index (χ0n) is 6.55. The molecule has 0 aliphatic heterocycles. The Morgan fingerprint density at radius 3 is 2.70 bits per heavy atom. The molecule has 0 radical (unpaired) electrons. The number of aliphatic hydroxyl groups excluding tert-OH is 1. The molecule has 0 unspecified atom stereocenters. The van der Waals surface area contributed by atoms with Gasteiger partial charge >= 0.3 is 0 Å². The number of carbonyl (C=O) groups is 1. The summed E-state index contributed by atoms with van der Waals surface area (Å²) in [6.45, 7) is 4.22. The molecule has 2 N–H and O–H groups in total. The smallest absolute Gasteiger partial charge is 0.220 e. The van der Waals surface area contributed by atoms with Crippen molar-refractivity contribution in [1.29, 1.82) is 0 Å². The van der Waals surface area contributed by atoms with Crippen LogP contribution in [0.4, 0.5) is 0 Å². The molecular weight excluding hydrogens is 130 g/mol. The predicted molar refractivity (Wildman–Crippen MR) is 39.6 cm³/mol. The van der Waals surface area contributed by atoms with E-state index in [1.807, 2.05) is 6.92 Å². The fourth-order valence-corrected chi connectivity index (χ4v) is 0.626. The number of hydrogen-bond acceptors (Lipinski definition) is 2. The Hall–Kier alpha value is -0.570. The molecule has 0 heterocycles. The summed E-state index contributed by atoms with van der Waals surface area (Å²) in [5.41, 5.74) is 0. The van der Waals surface area contributed by atoms with Gasteiger partial charge in [0.15, 0.2) is 0 Å². The number of nitrogens with one attached hydrogen (secondary N) is 1. The average molecular weight is 145 g/mol. The highest BCUT2D eigenvalue weighted by Gasteiger charge is 2.01. The average Bonchev–Trinajstić information content (AvgIpc) is 1.85. The summed E-state index contributed by atoms with van der Waals surface area (Å²) in [6, 6.07) is 0. The van der Waals surface area contributed by atoms with Crippen molar-refractivity contribution < 1.29 is 9.90 Å². The summed E-state index contributed by atoms with van der Waals surface area (Å²) in [7, 11) is 0. The first kappa shape index (κ1) is 9.43. The highest BCUT2D eigenvalue weighted by Crippen LogP contribution is 1.94. The maximum Gasteiger partial charge on any atom is 0.220 e. The molecule has 0 aromatic rings. The molecule has 10 heavy (non-hydrogen) atoms. The molecule has 3 nitrogen and oxygen atoms in total. The number of carbonyl (C=O) groups excluding carboxylic acids is 1. The Labute approximate surface area is 61.4 Å². The van der Waals surface area contributed by atoms with E-state index < -0.39 is 0 Å². The van der Waals surface area contributed by atoms with Crippen molar-refractivity contribution in [3.05, 3.63) is 0 Å². The summed E-state index contributed by atoms with van der Waals surface area (Å²) in [6.07, 6.45) is 0.597. The minimum atomic E-state index is -0.373. The number of rotatable bonds is 4.